The number of ether oxygens (including phenoxy) is 3. The summed E-state index contributed by atoms with van der Waals surface area (Å²) in [6, 6.07) is 0. The number of carbonyl (C=O) groups excluding carboxylic acids is 4. The SMILES string of the molecule is C=C1C(=O)OC2CC(C)C=CC(=O)C(C)(O)C(OC(C)=O)C(OC(=O)C(C)CC)C12. The van der Waals surface area contributed by atoms with Crippen LogP contribution in [0, 0.1) is 17.8 Å². The summed E-state index contributed by atoms with van der Waals surface area (Å²) in [7, 11) is 0. The Morgan fingerprint density at radius 3 is 2.57 bits per heavy atom. The van der Waals surface area contributed by atoms with Crippen LogP contribution >= 0.6 is 0 Å². The first-order valence-corrected chi connectivity index (χ1v) is 10.1. The number of hydrogen-bond donors (Lipinski definition) is 1. The summed E-state index contributed by atoms with van der Waals surface area (Å²) in [5, 5.41) is 11.1. The first-order valence-electron chi connectivity index (χ1n) is 10.1. The fourth-order valence-corrected chi connectivity index (χ4v) is 3.68. The van der Waals surface area contributed by atoms with Crippen LogP contribution in [-0.4, -0.2) is 52.7 Å². The first-order chi connectivity index (χ1) is 13.9. The molecule has 7 unspecified atom stereocenters. The molecule has 0 aromatic heterocycles. The van der Waals surface area contributed by atoms with Crippen molar-refractivity contribution in [3.8, 4) is 0 Å². The lowest BCUT2D eigenvalue weighted by molar-refractivity contribution is -0.198. The van der Waals surface area contributed by atoms with E-state index in [1.165, 1.54) is 13.0 Å². The number of carbonyl (C=O) groups is 4. The van der Waals surface area contributed by atoms with Crippen LogP contribution < -0.4 is 0 Å². The van der Waals surface area contributed by atoms with E-state index < -0.39 is 59.4 Å². The van der Waals surface area contributed by atoms with Gasteiger partial charge in [0, 0.05) is 12.5 Å². The van der Waals surface area contributed by atoms with E-state index in [0.717, 1.165) is 6.92 Å². The summed E-state index contributed by atoms with van der Waals surface area (Å²) in [6.45, 7) is 11.4. The predicted octanol–water partition coefficient (Wildman–Crippen LogP) is 1.89. The van der Waals surface area contributed by atoms with Crippen LogP contribution in [0.4, 0.5) is 0 Å². The van der Waals surface area contributed by atoms with Gasteiger partial charge in [0.25, 0.3) is 0 Å². The lowest BCUT2D eigenvalue weighted by atomic mass is 9.77. The van der Waals surface area contributed by atoms with Crippen LogP contribution in [0.1, 0.15) is 47.5 Å². The molecule has 8 heteroatoms. The molecule has 0 aromatic carbocycles. The highest BCUT2D eigenvalue weighted by Gasteiger charge is 2.56. The average molecular weight is 422 g/mol. The smallest absolute Gasteiger partial charge is 0.334 e. The van der Waals surface area contributed by atoms with Gasteiger partial charge in [-0.3, -0.25) is 14.4 Å². The predicted molar refractivity (Wildman–Crippen MR) is 106 cm³/mol. The maximum Gasteiger partial charge on any atom is 0.334 e. The largest absolute Gasteiger partial charge is 0.458 e. The van der Waals surface area contributed by atoms with E-state index in [0.29, 0.717) is 12.8 Å². The molecule has 0 spiro atoms. The number of esters is 3. The topological polar surface area (TPSA) is 116 Å². The molecule has 1 fully saturated rings. The van der Waals surface area contributed by atoms with Crippen molar-refractivity contribution in [2.75, 3.05) is 0 Å². The Kier molecular flexibility index (Phi) is 7.23. The second-order valence-electron chi connectivity index (χ2n) is 8.32. The zero-order valence-corrected chi connectivity index (χ0v) is 18.0. The minimum Gasteiger partial charge on any atom is -0.458 e. The lowest BCUT2D eigenvalue weighted by Crippen LogP contribution is -2.58. The Morgan fingerprint density at radius 2 is 2.00 bits per heavy atom. The molecule has 8 nitrogen and oxygen atoms in total. The Morgan fingerprint density at radius 1 is 1.37 bits per heavy atom. The molecule has 0 radical (unpaired) electrons. The van der Waals surface area contributed by atoms with Crippen LogP contribution in [0.2, 0.25) is 0 Å². The van der Waals surface area contributed by atoms with Crippen LogP contribution in [0.25, 0.3) is 0 Å². The van der Waals surface area contributed by atoms with E-state index in [9.17, 15) is 24.3 Å². The third-order valence-corrected chi connectivity index (χ3v) is 5.77. The van der Waals surface area contributed by atoms with E-state index in [1.807, 2.05) is 6.92 Å². The molecular weight excluding hydrogens is 392 g/mol. The van der Waals surface area contributed by atoms with Crippen LogP contribution in [0.15, 0.2) is 24.3 Å². The number of hydrogen-bond acceptors (Lipinski definition) is 8. The molecule has 0 amide bonds. The van der Waals surface area contributed by atoms with Gasteiger partial charge in [0.15, 0.2) is 23.6 Å². The summed E-state index contributed by atoms with van der Waals surface area (Å²) in [6.07, 6.45) is 0.0139. The molecule has 2 aliphatic rings. The number of aliphatic hydroxyl groups is 1. The van der Waals surface area contributed by atoms with Crippen molar-refractivity contribution < 1.29 is 38.5 Å². The lowest BCUT2D eigenvalue weighted by Gasteiger charge is -2.39. The third kappa shape index (κ3) is 4.80. The van der Waals surface area contributed by atoms with Crippen molar-refractivity contribution >= 4 is 23.7 Å². The zero-order chi connectivity index (χ0) is 22.8. The summed E-state index contributed by atoms with van der Waals surface area (Å²) in [4.78, 5) is 49.6. The maximum absolute atomic E-state index is 12.8. The molecule has 1 N–H and O–H groups in total. The van der Waals surface area contributed by atoms with E-state index in [1.54, 1.807) is 19.9 Å². The Bertz CT molecular complexity index is 765. The number of fused-ring (bicyclic) bond motifs is 1. The fourth-order valence-electron chi connectivity index (χ4n) is 3.68. The zero-order valence-electron chi connectivity index (χ0n) is 18.0. The minimum absolute atomic E-state index is 0.0408. The molecule has 7 atom stereocenters. The van der Waals surface area contributed by atoms with Crippen molar-refractivity contribution in [1.29, 1.82) is 0 Å². The van der Waals surface area contributed by atoms with Crippen LogP contribution in [0.5, 0.6) is 0 Å². The average Bonchev–Trinajstić information content (AvgIpc) is 2.94. The summed E-state index contributed by atoms with van der Waals surface area (Å²) in [5.41, 5.74) is -2.17. The molecule has 1 aliphatic heterocycles. The molecule has 1 saturated heterocycles. The maximum atomic E-state index is 12.8. The van der Waals surface area contributed by atoms with Crippen molar-refractivity contribution in [3.05, 3.63) is 24.3 Å². The van der Waals surface area contributed by atoms with Gasteiger partial charge in [-0.2, -0.15) is 0 Å². The van der Waals surface area contributed by atoms with Gasteiger partial charge in [0.2, 0.25) is 0 Å². The molecule has 0 saturated carbocycles. The number of allylic oxidation sites excluding steroid dienone is 1. The van der Waals surface area contributed by atoms with Crippen LogP contribution in [-0.2, 0) is 33.4 Å². The second-order valence-corrected chi connectivity index (χ2v) is 8.32. The van der Waals surface area contributed by atoms with Gasteiger partial charge >= 0.3 is 17.9 Å². The number of rotatable bonds is 4. The normalized spacial score (nSPS) is 35.3. The van der Waals surface area contributed by atoms with E-state index in [-0.39, 0.29) is 11.5 Å². The monoisotopic (exact) mass is 422 g/mol. The van der Waals surface area contributed by atoms with Gasteiger partial charge in [-0.25, -0.2) is 4.79 Å². The summed E-state index contributed by atoms with van der Waals surface area (Å²) < 4.78 is 16.5. The molecule has 0 aromatic rings. The molecule has 30 heavy (non-hydrogen) atoms. The Labute approximate surface area is 176 Å². The van der Waals surface area contributed by atoms with E-state index in [4.69, 9.17) is 14.2 Å². The molecule has 166 valence electrons. The standard InChI is InChI=1S/C22H30O8/c1-7-12(3)20(25)30-18-17-13(4)21(26)29-15(17)10-11(2)8-9-16(24)22(6,27)19(18)28-14(5)23/h8-9,11-12,15,17-19,27H,4,7,10H2,1-3,5-6H3. The molecular formula is C22H30O8. The van der Waals surface area contributed by atoms with Crippen molar-refractivity contribution in [3.63, 3.8) is 0 Å². The highest BCUT2D eigenvalue weighted by atomic mass is 16.6. The van der Waals surface area contributed by atoms with Crippen LogP contribution in [0.3, 0.4) is 0 Å². The Balaban J connectivity index is 2.65. The Hall–Kier alpha value is -2.48. The van der Waals surface area contributed by atoms with Gasteiger partial charge in [0.1, 0.15) is 6.10 Å². The third-order valence-electron chi connectivity index (χ3n) is 5.77. The van der Waals surface area contributed by atoms with Crippen molar-refractivity contribution in [2.45, 2.75) is 71.4 Å². The molecule has 0 bridgehead atoms. The van der Waals surface area contributed by atoms with Crippen molar-refractivity contribution in [2.24, 2.45) is 17.8 Å². The molecule has 2 rings (SSSR count). The van der Waals surface area contributed by atoms with E-state index in [2.05, 4.69) is 6.58 Å². The first kappa shape index (κ1) is 23.8. The van der Waals surface area contributed by atoms with Gasteiger partial charge in [0.05, 0.1) is 11.8 Å². The highest BCUT2D eigenvalue weighted by molar-refractivity contribution is 5.97. The second kappa shape index (κ2) is 9.12. The minimum atomic E-state index is -2.21. The quantitative estimate of drug-likeness (QED) is 0.415. The number of ketones is 1. The van der Waals surface area contributed by atoms with Crippen molar-refractivity contribution in [1.82, 2.24) is 0 Å². The van der Waals surface area contributed by atoms with Gasteiger partial charge < -0.3 is 19.3 Å². The van der Waals surface area contributed by atoms with Gasteiger partial charge in [-0.15, -0.1) is 0 Å². The fraction of sp³-hybridized carbons (Fsp3) is 0.636. The van der Waals surface area contributed by atoms with Gasteiger partial charge in [-0.05, 0) is 31.8 Å². The molecule has 1 aliphatic carbocycles. The summed E-state index contributed by atoms with van der Waals surface area (Å²) >= 11 is 0. The molecule has 1 heterocycles. The van der Waals surface area contributed by atoms with E-state index >= 15 is 0 Å². The van der Waals surface area contributed by atoms with Gasteiger partial charge in [-0.1, -0.05) is 33.4 Å². The highest BCUT2D eigenvalue weighted by Crippen LogP contribution is 2.40. The summed E-state index contributed by atoms with van der Waals surface area (Å²) in [5.74, 6) is -4.29.